The summed E-state index contributed by atoms with van der Waals surface area (Å²) in [4.78, 5) is 2.28. The Morgan fingerprint density at radius 3 is 2.13 bits per heavy atom. The van der Waals surface area contributed by atoms with E-state index in [1.54, 1.807) is 0 Å². The Morgan fingerprint density at radius 2 is 1.87 bits per heavy atom. The summed E-state index contributed by atoms with van der Waals surface area (Å²) in [6.07, 6.45) is 3.45. The van der Waals surface area contributed by atoms with Gasteiger partial charge in [-0.3, -0.25) is 11.3 Å². The van der Waals surface area contributed by atoms with Crippen molar-refractivity contribution in [2.75, 3.05) is 14.1 Å². The van der Waals surface area contributed by atoms with Gasteiger partial charge < -0.3 is 4.90 Å². The summed E-state index contributed by atoms with van der Waals surface area (Å²) >= 11 is 0. The Balaban J connectivity index is 4.61. The van der Waals surface area contributed by atoms with Gasteiger partial charge in [-0.15, -0.1) is 0 Å². The average Bonchev–Trinajstić information content (AvgIpc) is 2.23. The number of hydrogen-bond donors (Lipinski definition) is 2. The Hall–Kier alpha value is -0.120. The van der Waals surface area contributed by atoms with Crippen LogP contribution in [0.2, 0.25) is 0 Å². The van der Waals surface area contributed by atoms with Crippen LogP contribution in [-0.4, -0.2) is 30.6 Å². The van der Waals surface area contributed by atoms with Crippen molar-refractivity contribution in [3.8, 4) is 0 Å². The summed E-state index contributed by atoms with van der Waals surface area (Å²) in [6, 6.07) is 0.354. The van der Waals surface area contributed by atoms with Gasteiger partial charge in [0.05, 0.1) is 0 Å². The summed E-state index contributed by atoms with van der Waals surface area (Å²) in [5.41, 5.74) is 3.14. The first kappa shape index (κ1) is 14.9. The molecule has 0 rings (SSSR count). The molecule has 3 heteroatoms. The molecule has 0 saturated carbocycles. The Morgan fingerprint density at radius 1 is 1.33 bits per heavy atom. The van der Waals surface area contributed by atoms with Crippen molar-refractivity contribution in [3.05, 3.63) is 0 Å². The standard InChI is InChI=1S/C12H29N3/c1-7-10(3)9-11(14-13)12(4,8-2)15(5)6/h10-11,14H,7-9,13H2,1-6H3. The van der Waals surface area contributed by atoms with Crippen LogP contribution in [0.1, 0.15) is 47.0 Å². The molecular weight excluding hydrogens is 186 g/mol. The van der Waals surface area contributed by atoms with Gasteiger partial charge in [-0.05, 0) is 39.8 Å². The van der Waals surface area contributed by atoms with E-state index in [1.165, 1.54) is 6.42 Å². The SMILES string of the molecule is CCC(C)CC(NN)C(C)(CC)N(C)C. The maximum atomic E-state index is 5.70. The predicted molar refractivity (Wildman–Crippen MR) is 67.6 cm³/mol. The molecule has 0 aliphatic carbocycles. The highest BCUT2D eigenvalue weighted by atomic mass is 15.3. The first-order valence-electron chi connectivity index (χ1n) is 6.05. The highest BCUT2D eigenvalue weighted by Gasteiger charge is 2.34. The second kappa shape index (κ2) is 6.46. The number of nitrogens with zero attached hydrogens (tertiary/aromatic N) is 1. The van der Waals surface area contributed by atoms with E-state index in [4.69, 9.17) is 5.84 Å². The zero-order chi connectivity index (χ0) is 12.1. The maximum Gasteiger partial charge on any atom is 0.0394 e. The molecule has 15 heavy (non-hydrogen) atoms. The lowest BCUT2D eigenvalue weighted by atomic mass is 9.82. The second-order valence-corrected chi connectivity index (χ2v) is 5.07. The number of likely N-dealkylation sites (N-methyl/N-ethyl adjacent to an activating group) is 1. The summed E-state index contributed by atoms with van der Waals surface area (Å²) in [7, 11) is 4.26. The van der Waals surface area contributed by atoms with E-state index < -0.39 is 0 Å². The van der Waals surface area contributed by atoms with E-state index in [1.807, 2.05) is 0 Å². The monoisotopic (exact) mass is 215 g/mol. The lowest BCUT2D eigenvalue weighted by Crippen LogP contribution is -2.59. The van der Waals surface area contributed by atoms with Crippen LogP contribution in [-0.2, 0) is 0 Å². The minimum Gasteiger partial charge on any atom is -0.302 e. The van der Waals surface area contributed by atoms with Gasteiger partial charge in [0.1, 0.15) is 0 Å². The minimum absolute atomic E-state index is 0.137. The molecule has 0 bridgehead atoms. The van der Waals surface area contributed by atoms with Crippen molar-refractivity contribution in [2.45, 2.75) is 58.5 Å². The lowest BCUT2D eigenvalue weighted by molar-refractivity contribution is 0.0993. The smallest absolute Gasteiger partial charge is 0.0394 e. The number of hydrogen-bond acceptors (Lipinski definition) is 3. The zero-order valence-corrected chi connectivity index (χ0v) is 11.3. The van der Waals surface area contributed by atoms with Crippen molar-refractivity contribution in [2.24, 2.45) is 11.8 Å². The topological polar surface area (TPSA) is 41.3 Å². The quantitative estimate of drug-likeness (QED) is 0.504. The first-order chi connectivity index (χ1) is 6.92. The number of nitrogens with one attached hydrogen (secondary N) is 1. The molecule has 0 aromatic heterocycles. The highest BCUT2D eigenvalue weighted by Crippen LogP contribution is 2.25. The van der Waals surface area contributed by atoms with Crippen LogP contribution in [0.3, 0.4) is 0 Å². The van der Waals surface area contributed by atoms with E-state index in [-0.39, 0.29) is 5.54 Å². The molecule has 0 aromatic carbocycles. The minimum atomic E-state index is 0.137. The molecule has 0 aromatic rings. The van der Waals surface area contributed by atoms with Gasteiger partial charge in [0.25, 0.3) is 0 Å². The van der Waals surface area contributed by atoms with E-state index in [2.05, 4.69) is 52.1 Å². The molecule has 0 aliphatic rings. The maximum absolute atomic E-state index is 5.70. The number of nitrogens with two attached hydrogens (primary N) is 1. The summed E-state index contributed by atoms with van der Waals surface area (Å²) in [5, 5.41) is 0. The van der Waals surface area contributed by atoms with Gasteiger partial charge in [0, 0.05) is 11.6 Å². The molecular formula is C12H29N3. The first-order valence-corrected chi connectivity index (χ1v) is 6.05. The van der Waals surface area contributed by atoms with Crippen LogP contribution in [0.25, 0.3) is 0 Å². The number of hydrazine groups is 1. The van der Waals surface area contributed by atoms with Gasteiger partial charge >= 0.3 is 0 Å². The molecule has 3 N–H and O–H groups in total. The Labute approximate surface area is 95.4 Å². The van der Waals surface area contributed by atoms with Crippen molar-refractivity contribution in [1.29, 1.82) is 0 Å². The van der Waals surface area contributed by atoms with Gasteiger partial charge in [0.15, 0.2) is 0 Å². The molecule has 0 aliphatic heterocycles. The second-order valence-electron chi connectivity index (χ2n) is 5.07. The Bertz CT molecular complexity index is 170. The van der Waals surface area contributed by atoms with Crippen molar-refractivity contribution >= 4 is 0 Å². The third-order valence-corrected chi connectivity index (χ3v) is 4.02. The number of rotatable bonds is 7. The van der Waals surface area contributed by atoms with Crippen LogP contribution in [0.15, 0.2) is 0 Å². The van der Waals surface area contributed by atoms with E-state index in [0.29, 0.717) is 6.04 Å². The van der Waals surface area contributed by atoms with Crippen molar-refractivity contribution in [3.63, 3.8) is 0 Å². The van der Waals surface area contributed by atoms with Crippen LogP contribution in [0.4, 0.5) is 0 Å². The predicted octanol–water partition coefficient (Wildman–Crippen LogP) is 1.98. The van der Waals surface area contributed by atoms with Crippen LogP contribution in [0.5, 0.6) is 0 Å². The molecule has 92 valence electrons. The zero-order valence-electron chi connectivity index (χ0n) is 11.3. The van der Waals surface area contributed by atoms with Gasteiger partial charge in [-0.2, -0.15) is 0 Å². The van der Waals surface area contributed by atoms with E-state index >= 15 is 0 Å². The fourth-order valence-electron chi connectivity index (χ4n) is 1.94. The molecule has 0 radical (unpaired) electrons. The Kier molecular flexibility index (Phi) is 6.41. The third kappa shape index (κ3) is 3.74. The molecule has 0 heterocycles. The fourth-order valence-corrected chi connectivity index (χ4v) is 1.94. The normalized spacial score (nSPS) is 20.0. The van der Waals surface area contributed by atoms with Crippen molar-refractivity contribution < 1.29 is 0 Å². The summed E-state index contributed by atoms with van der Waals surface area (Å²) in [6.45, 7) is 9.02. The molecule has 0 fully saturated rings. The molecule has 0 saturated heterocycles. The van der Waals surface area contributed by atoms with Crippen LogP contribution in [0, 0.1) is 5.92 Å². The largest absolute Gasteiger partial charge is 0.302 e. The van der Waals surface area contributed by atoms with Gasteiger partial charge in [-0.1, -0.05) is 27.2 Å². The van der Waals surface area contributed by atoms with E-state index in [0.717, 1.165) is 18.8 Å². The fraction of sp³-hybridized carbons (Fsp3) is 1.00. The van der Waals surface area contributed by atoms with E-state index in [9.17, 15) is 0 Å². The third-order valence-electron chi connectivity index (χ3n) is 4.02. The van der Waals surface area contributed by atoms with Gasteiger partial charge in [0.2, 0.25) is 0 Å². The molecule has 3 unspecified atom stereocenters. The van der Waals surface area contributed by atoms with Crippen molar-refractivity contribution in [1.82, 2.24) is 10.3 Å². The molecule has 3 nitrogen and oxygen atoms in total. The summed E-state index contributed by atoms with van der Waals surface area (Å²) in [5.74, 6) is 6.42. The van der Waals surface area contributed by atoms with Crippen LogP contribution < -0.4 is 11.3 Å². The van der Waals surface area contributed by atoms with Crippen LogP contribution >= 0.6 is 0 Å². The highest BCUT2D eigenvalue weighted by molar-refractivity contribution is 4.93. The van der Waals surface area contributed by atoms with Gasteiger partial charge in [-0.25, -0.2) is 0 Å². The average molecular weight is 215 g/mol. The molecule has 3 atom stereocenters. The lowest BCUT2D eigenvalue weighted by Gasteiger charge is -2.43. The molecule has 0 spiro atoms. The summed E-state index contributed by atoms with van der Waals surface area (Å²) < 4.78 is 0. The molecule has 0 amide bonds.